The summed E-state index contributed by atoms with van der Waals surface area (Å²) < 4.78 is 0. The maximum atomic E-state index is 12.2. The number of hydrogen-bond donors (Lipinski definition) is 1. The van der Waals surface area contributed by atoms with Crippen LogP contribution in [0.15, 0.2) is 24.5 Å². The third-order valence-corrected chi connectivity index (χ3v) is 4.33. The van der Waals surface area contributed by atoms with E-state index in [-0.39, 0.29) is 17.4 Å². The lowest BCUT2D eigenvalue weighted by Gasteiger charge is -2.33. The zero-order chi connectivity index (χ0) is 14.8. The van der Waals surface area contributed by atoms with Gasteiger partial charge in [0.1, 0.15) is 0 Å². The fourth-order valence-corrected chi connectivity index (χ4v) is 2.78. The summed E-state index contributed by atoms with van der Waals surface area (Å²) >= 11 is 0. The molecule has 1 aromatic rings. The molecule has 0 atom stereocenters. The van der Waals surface area contributed by atoms with Crippen LogP contribution >= 0.6 is 0 Å². The highest BCUT2D eigenvalue weighted by Crippen LogP contribution is 2.30. The molecule has 3 rings (SSSR count). The number of carboxylic acid groups (broad SMARTS) is 1. The van der Waals surface area contributed by atoms with E-state index in [1.807, 2.05) is 11.0 Å². The Morgan fingerprint density at radius 2 is 2.10 bits per heavy atom. The summed E-state index contributed by atoms with van der Waals surface area (Å²) in [4.78, 5) is 29.0. The van der Waals surface area contributed by atoms with Gasteiger partial charge in [0.2, 0.25) is 5.91 Å². The first-order valence-electron chi connectivity index (χ1n) is 7.31. The van der Waals surface area contributed by atoms with E-state index in [1.54, 1.807) is 12.3 Å². The van der Waals surface area contributed by atoms with Crippen LogP contribution in [0.1, 0.15) is 41.6 Å². The van der Waals surface area contributed by atoms with Gasteiger partial charge in [-0.25, -0.2) is 4.79 Å². The van der Waals surface area contributed by atoms with Gasteiger partial charge < -0.3 is 10.0 Å². The molecule has 5 nitrogen and oxygen atoms in total. The Balaban J connectivity index is 1.70. The predicted molar refractivity (Wildman–Crippen MR) is 77.7 cm³/mol. The van der Waals surface area contributed by atoms with Gasteiger partial charge in [-0.2, -0.15) is 0 Å². The van der Waals surface area contributed by atoms with Crippen LogP contribution in [0.25, 0.3) is 5.57 Å². The molecule has 1 N–H and O–H groups in total. The lowest BCUT2D eigenvalue weighted by Crippen LogP contribution is -2.41. The van der Waals surface area contributed by atoms with Crippen molar-refractivity contribution in [3.8, 4) is 0 Å². The molecule has 1 saturated carbocycles. The van der Waals surface area contributed by atoms with Crippen molar-refractivity contribution in [3.05, 3.63) is 35.7 Å². The largest absolute Gasteiger partial charge is 0.478 e. The summed E-state index contributed by atoms with van der Waals surface area (Å²) in [5, 5.41) is 9.00. The van der Waals surface area contributed by atoms with Crippen molar-refractivity contribution in [1.29, 1.82) is 0 Å². The fraction of sp³-hybridized carbons (Fsp3) is 0.438. The van der Waals surface area contributed by atoms with E-state index in [1.165, 1.54) is 12.6 Å². The van der Waals surface area contributed by atoms with E-state index in [4.69, 9.17) is 5.11 Å². The minimum absolute atomic E-state index is 0.196. The molecule has 0 radical (unpaired) electrons. The van der Waals surface area contributed by atoms with Crippen LogP contribution in [0, 0.1) is 5.92 Å². The molecule has 5 heteroatoms. The highest BCUT2D eigenvalue weighted by Gasteiger charge is 2.30. The van der Waals surface area contributed by atoms with Gasteiger partial charge in [-0.3, -0.25) is 9.78 Å². The molecule has 1 fully saturated rings. The standard InChI is InChI=1S/C16H18N2O3/c19-15(12-2-1-3-12)18-6-4-11(5-7-18)13-8-14(16(20)21)10-17-9-13/h4,8-10,12H,1-3,5-7H2,(H,20,21). The van der Waals surface area contributed by atoms with Crippen LogP contribution < -0.4 is 0 Å². The van der Waals surface area contributed by atoms with Crippen molar-refractivity contribution in [2.75, 3.05) is 13.1 Å². The van der Waals surface area contributed by atoms with Crippen molar-refractivity contribution in [3.63, 3.8) is 0 Å². The molecular formula is C16H18N2O3. The van der Waals surface area contributed by atoms with Crippen molar-refractivity contribution < 1.29 is 14.7 Å². The van der Waals surface area contributed by atoms with Gasteiger partial charge in [-0.05, 0) is 36.5 Å². The Morgan fingerprint density at radius 3 is 2.67 bits per heavy atom. The highest BCUT2D eigenvalue weighted by molar-refractivity contribution is 5.88. The molecule has 1 aromatic heterocycles. The summed E-state index contributed by atoms with van der Waals surface area (Å²) in [5.74, 6) is -0.464. The van der Waals surface area contributed by atoms with Gasteiger partial charge in [0, 0.05) is 31.4 Å². The molecule has 1 aliphatic heterocycles. The van der Waals surface area contributed by atoms with Gasteiger partial charge in [0.05, 0.1) is 5.56 Å². The summed E-state index contributed by atoms with van der Waals surface area (Å²) in [6, 6.07) is 1.64. The van der Waals surface area contributed by atoms with Crippen molar-refractivity contribution in [2.45, 2.75) is 25.7 Å². The molecular weight excluding hydrogens is 268 g/mol. The number of aromatic carboxylic acids is 1. The number of rotatable bonds is 3. The van der Waals surface area contributed by atoms with E-state index in [9.17, 15) is 9.59 Å². The number of amides is 1. The van der Waals surface area contributed by atoms with Crippen molar-refractivity contribution >= 4 is 17.4 Å². The number of carbonyl (C=O) groups excluding carboxylic acids is 1. The van der Waals surface area contributed by atoms with Gasteiger partial charge in [0.15, 0.2) is 0 Å². The van der Waals surface area contributed by atoms with Gasteiger partial charge >= 0.3 is 5.97 Å². The topological polar surface area (TPSA) is 70.5 Å². The normalized spacial score (nSPS) is 18.9. The Morgan fingerprint density at radius 1 is 1.29 bits per heavy atom. The lowest BCUT2D eigenvalue weighted by molar-refractivity contribution is -0.137. The van der Waals surface area contributed by atoms with Crippen LogP contribution in [-0.4, -0.2) is 40.0 Å². The molecule has 21 heavy (non-hydrogen) atoms. The van der Waals surface area contributed by atoms with Crippen LogP contribution in [0.3, 0.4) is 0 Å². The minimum Gasteiger partial charge on any atom is -0.478 e. The average Bonchev–Trinajstić information content (AvgIpc) is 2.46. The lowest BCUT2D eigenvalue weighted by atomic mass is 9.84. The van der Waals surface area contributed by atoms with Gasteiger partial charge in [-0.1, -0.05) is 12.5 Å². The second-order valence-electron chi connectivity index (χ2n) is 5.66. The van der Waals surface area contributed by atoms with E-state index in [0.717, 1.165) is 30.4 Å². The Labute approximate surface area is 123 Å². The average molecular weight is 286 g/mol. The predicted octanol–water partition coefficient (Wildman–Crippen LogP) is 2.20. The summed E-state index contributed by atoms with van der Waals surface area (Å²) in [6.07, 6.45) is 9.02. The third-order valence-electron chi connectivity index (χ3n) is 4.33. The van der Waals surface area contributed by atoms with Crippen LogP contribution in [0.5, 0.6) is 0 Å². The van der Waals surface area contributed by atoms with E-state index in [0.29, 0.717) is 13.1 Å². The minimum atomic E-state index is -0.970. The maximum Gasteiger partial charge on any atom is 0.337 e. The molecule has 2 aliphatic rings. The van der Waals surface area contributed by atoms with Gasteiger partial charge in [0.25, 0.3) is 0 Å². The fourth-order valence-electron chi connectivity index (χ4n) is 2.78. The number of aromatic nitrogens is 1. The summed E-state index contributed by atoms with van der Waals surface area (Å²) in [6.45, 7) is 1.32. The second kappa shape index (κ2) is 5.68. The van der Waals surface area contributed by atoms with Gasteiger partial charge in [-0.15, -0.1) is 0 Å². The summed E-state index contributed by atoms with van der Waals surface area (Å²) in [5.41, 5.74) is 2.11. The quantitative estimate of drug-likeness (QED) is 0.924. The number of pyridine rings is 1. The van der Waals surface area contributed by atoms with E-state index < -0.39 is 5.97 Å². The highest BCUT2D eigenvalue weighted by atomic mass is 16.4. The first-order valence-corrected chi connectivity index (χ1v) is 7.31. The Bertz CT molecular complexity index is 605. The number of carboxylic acids is 1. The van der Waals surface area contributed by atoms with Crippen molar-refractivity contribution in [1.82, 2.24) is 9.88 Å². The molecule has 0 aromatic carbocycles. The molecule has 1 aliphatic carbocycles. The number of carbonyl (C=O) groups is 2. The summed E-state index contributed by atoms with van der Waals surface area (Å²) in [7, 11) is 0. The van der Waals surface area contributed by atoms with Crippen LogP contribution in [0.2, 0.25) is 0 Å². The van der Waals surface area contributed by atoms with Crippen LogP contribution in [0.4, 0.5) is 0 Å². The molecule has 110 valence electrons. The Hall–Kier alpha value is -2.17. The molecule has 0 unspecified atom stereocenters. The van der Waals surface area contributed by atoms with Crippen LogP contribution in [-0.2, 0) is 4.79 Å². The molecule has 1 amide bonds. The molecule has 0 saturated heterocycles. The Kier molecular flexibility index (Phi) is 3.73. The van der Waals surface area contributed by atoms with E-state index in [2.05, 4.69) is 4.98 Å². The number of hydrogen-bond acceptors (Lipinski definition) is 3. The molecule has 0 spiro atoms. The maximum absolute atomic E-state index is 12.2. The monoisotopic (exact) mass is 286 g/mol. The third kappa shape index (κ3) is 2.82. The molecule has 0 bridgehead atoms. The zero-order valence-electron chi connectivity index (χ0n) is 11.8. The van der Waals surface area contributed by atoms with Crippen molar-refractivity contribution in [2.24, 2.45) is 5.92 Å². The molecule has 2 heterocycles. The first-order chi connectivity index (χ1) is 10.1. The van der Waals surface area contributed by atoms with E-state index >= 15 is 0 Å². The zero-order valence-corrected chi connectivity index (χ0v) is 11.8. The first kappa shape index (κ1) is 13.8. The second-order valence-corrected chi connectivity index (χ2v) is 5.66. The number of nitrogens with zero attached hydrogens (tertiary/aromatic N) is 2. The SMILES string of the molecule is O=C(O)c1cncc(C2=CCN(C(=O)C3CCC3)CC2)c1. The smallest absolute Gasteiger partial charge is 0.337 e.